The van der Waals surface area contributed by atoms with Crippen LogP contribution in [-0.4, -0.2) is 23.9 Å². The molecule has 13 heavy (non-hydrogen) atoms. The molecule has 1 amide bonds. The Morgan fingerprint density at radius 3 is 2.54 bits per heavy atom. The van der Waals surface area contributed by atoms with Gasteiger partial charge in [-0.25, -0.2) is 0 Å². The van der Waals surface area contributed by atoms with E-state index >= 15 is 0 Å². The molecule has 1 aliphatic heterocycles. The van der Waals surface area contributed by atoms with Crippen molar-refractivity contribution in [1.82, 2.24) is 4.90 Å². The van der Waals surface area contributed by atoms with Gasteiger partial charge in [0.1, 0.15) is 0 Å². The largest absolute Gasteiger partial charge is 0.342 e. The number of β-lactam (4-membered cyclic amide) rings is 1. The van der Waals surface area contributed by atoms with Crippen molar-refractivity contribution in [3.8, 4) is 0 Å². The van der Waals surface area contributed by atoms with E-state index in [4.69, 9.17) is 0 Å². The Kier molecular flexibility index (Phi) is 3.34. The predicted molar refractivity (Wildman–Crippen MR) is 54.5 cm³/mol. The van der Waals surface area contributed by atoms with Crippen LogP contribution in [0.3, 0.4) is 0 Å². The van der Waals surface area contributed by atoms with E-state index in [2.05, 4.69) is 20.8 Å². The first kappa shape index (κ1) is 10.6. The number of carbonyl (C=O) groups excluding carboxylic acids is 1. The molecule has 0 aromatic heterocycles. The fourth-order valence-electron chi connectivity index (χ4n) is 1.52. The van der Waals surface area contributed by atoms with Crippen LogP contribution in [0, 0.1) is 5.41 Å². The molecular weight excluding hydrogens is 162 g/mol. The van der Waals surface area contributed by atoms with Gasteiger partial charge in [-0.1, -0.05) is 27.2 Å². The van der Waals surface area contributed by atoms with E-state index in [-0.39, 0.29) is 0 Å². The van der Waals surface area contributed by atoms with Gasteiger partial charge in [0, 0.05) is 19.5 Å². The van der Waals surface area contributed by atoms with E-state index in [0.717, 1.165) is 25.9 Å². The number of nitrogens with zero attached hydrogens (tertiary/aromatic N) is 1. The molecule has 1 heterocycles. The van der Waals surface area contributed by atoms with Crippen molar-refractivity contribution in [3.05, 3.63) is 0 Å². The zero-order valence-corrected chi connectivity index (χ0v) is 9.10. The standard InChI is InChI=1S/C11H21NO/c1-4-11(2,3)7-5-8-12-9-6-10(12)13/h4-9H2,1-3H3. The fourth-order valence-corrected chi connectivity index (χ4v) is 1.52. The van der Waals surface area contributed by atoms with Gasteiger partial charge in [-0.15, -0.1) is 0 Å². The zero-order valence-electron chi connectivity index (χ0n) is 9.10. The van der Waals surface area contributed by atoms with Gasteiger partial charge in [0.2, 0.25) is 5.91 Å². The Bertz CT molecular complexity index is 187. The summed E-state index contributed by atoms with van der Waals surface area (Å²) in [4.78, 5) is 12.9. The SMILES string of the molecule is CCC(C)(C)CCCN1CCC1=O. The van der Waals surface area contributed by atoms with E-state index in [1.54, 1.807) is 0 Å². The van der Waals surface area contributed by atoms with Gasteiger partial charge in [0.25, 0.3) is 0 Å². The van der Waals surface area contributed by atoms with Crippen molar-refractivity contribution >= 4 is 5.91 Å². The number of hydrogen-bond acceptors (Lipinski definition) is 1. The second kappa shape index (κ2) is 4.12. The second-order valence-electron chi connectivity index (χ2n) is 4.75. The number of hydrogen-bond donors (Lipinski definition) is 0. The molecule has 76 valence electrons. The molecule has 0 unspecified atom stereocenters. The first-order valence-corrected chi connectivity index (χ1v) is 5.33. The van der Waals surface area contributed by atoms with Crippen LogP contribution >= 0.6 is 0 Å². The van der Waals surface area contributed by atoms with E-state index in [1.165, 1.54) is 12.8 Å². The quantitative estimate of drug-likeness (QED) is 0.599. The van der Waals surface area contributed by atoms with E-state index < -0.39 is 0 Å². The maximum absolute atomic E-state index is 11.0. The number of carbonyl (C=O) groups is 1. The fraction of sp³-hybridized carbons (Fsp3) is 0.909. The van der Waals surface area contributed by atoms with E-state index in [1.807, 2.05) is 4.90 Å². The summed E-state index contributed by atoms with van der Waals surface area (Å²) in [5.41, 5.74) is 0.452. The zero-order chi connectivity index (χ0) is 9.90. The molecule has 1 rings (SSSR count). The van der Waals surface area contributed by atoms with Gasteiger partial charge in [-0.05, 0) is 18.3 Å². The van der Waals surface area contributed by atoms with Crippen LogP contribution in [0.2, 0.25) is 0 Å². The minimum absolute atomic E-state index is 0.342. The van der Waals surface area contributed by atoms with Crippen molar-refractivity contribution in [2.45, 2.75) is 46.5 Å². The lowest BCUT2D eigenvalue weighted by Crippen LogP contribution is -2.43. The molecule has 0 aromatic rings. The Labute approximate surface area is 81.3 Å². The van der Waals surface area contributed by atoms with Gasteiger partial charge in [-0.2, -0.15) is 0 Å². The van der Waals surface area contributed by atoms with Crippen molar-refractivity contribution in [2.75, 3.05) is 13.1 Å². The second-order valence-corrected chi connectivity index (χ2v) is 4.75. The molecular formula is C11H21NO. The third-order valence-corrected chi connectivity index (χ3v) is 3.19. The molecule has 0 N–H and O–H groups in total. The lowest BCUT2D eigenvalue weighted by atomic mass is 9.85. The van der Waals surface area contributed by atoms with Crippen molar-refractivity contribution in [3.63, 3.8) is 0 Å². The normalized spacial score (nSPS) is 17.5. The first-order valence-electron chi connectivity index (χ1n) is 5.33. The number of amides is 1. The number of rotatable bonds is 5. The van der Waals surface area contributed by atoms with Gasteiger partial charge < -0.3 is 4.90 Å². The molecule has 1 aliphatic rings. The lowest BCUT2D eigenvalue weighted by Gasteiger charge is -2.32. The van der Waals surface area contributed by atoms with E-state index in [9.17, 15) is 4.79 Å². The van der Waals surface area contributed by atoms with Gasteiger partial charge in [-0.3, -0.25) is 4.79 Å². The van der Waals surface area contributed by atoms with Crippen molar-refractivity contribution < 1.29 is 4.79 Å². The highest BCUT2D eigenvalue weighted by Gasteiger charge is 2.23. The molecule has 0 aliphatic carbocycles. The summed E-state index contributed by atoms with van der Waals surface area (Å²) in [5, 5.41) is 0. The molecule has 0 radical (unpaired) electrons. The van der Waals surface area contributed by atoms with Gasteiger partial charge >= 0.3 is 0 Å². The van der Waals surface area contributed by atoms with Gasteiger partial charge in [0.15, 0.2) is 0 Å². The Morgan fingerprint density at radius 2 is 2.15 bits per heavy atom. The third kappa shape index (κ3) is 3.02. The molecule has 0 bridgehead atoms. The minimum atomic E-state index is 0.342. The predicted octanol–water partition coefficient (Wildman–Crippen LogP) is 2.44. The van der Waals surface area contributed by atoms with Gasteiger partial charge in [0.05, 0.1) is 0 Å². The molecule has 2 heteroatoms. The summed E-state index contributed by atoms with van der Waals surface area (Å²) in [6, 6.07) is 0. The molecule has 0 aromatic carbocycles. The average molecular weight is 183 g/mol. The molecule has 0 spiro atoms. The van der Waals surface area contributed by atoms with Crippen molar-refractivity contribution in [2.24, 2.45) is 5.41 Å². The van der Waals surface area contributed by atoms with Crippen LogP contribution in [0.4, 0.5) is 0 Å². The summed E-state index contributed by atoms with van der Waals surface area (Å²) >= 11 is 0. The topological polar surface area (TPSA) is 20.3 Å². The summed E-state index contributed by atoms with van der Waals surface area (Å²) in [7, 11) is 0. The molecule has 1 fully saturated rings. The van der Waals surface area contributed by atoms with E-state index in [0.29, 0.717) is 11.3 Å². The van der Waals surface area contributed by atoms with Crippen LogP contribution in [-0.2, 0) is 4.79 Å². The maximum atomic E-state index is 11.0. The highest BCUT2D eigenvalue weighted by molar-refractivity contribution is 5.81. The van der Waals surface area contributed by atoms with Crippen molar-refractivity contribution in [1.29, 1.82) is 0 Å². The first-order chi connectivity index (χ1) is 6.05. The Hall–Kier alpha value is -0.530. The molecule has 2 nitrogen and oxygen atoms in total. The summed E-state index contributed by atoms with van der Waals surface area (Å²) in [6.45, 7) is 8.79. The highest BCUT2D eigenvalue weighted by atomic mass is 16.2. The number of likely N-dealkylation sites (tertiary alicyclic amines) is 1. The Balaban J connectivity index is 2.10. The molecule has 1 saturated heterocycles. The van der Waals surface area contributed by atoms with Crippen LogP contribution in [0.1, 0.15) is 46.5 Å². The smallest absolute Gasteiger partial charge is 0.224 e. The monoisotopic (exact) mass is 183 g/mol. The minimum Gasteiger partial charge on any atom is -0.342 e. The van der Waals surface area contributed by atoms with Crippen LogP contribution in [0.25, 0.3) is 0 Å². The lowest BCUT2D eigenvalue weighted by molar-refractivity contribution is -0.139. The summed E-state index contributed by atoms with van der Waals surface area (Å²) < 4.78 is 0. The summed E-state index contributed by atoms with van der Waals surface area (Å²) in [5.74, 6) is 0.342. The van der Waals surface area contributed by atoms with Crippen LogP contribution < -0.4 is 0 Å². The summed E-state index contributed by atoms with van der Waals surface area (Å²) in [6.07, 6.45) is 4.39. The molecule has 0 atom stereocenters. The third-order valence-electron chi connectivity index (χ3n) is 3.19. The highest BCUT2D eigenvalue weighted by Crippen LogP contribution is 2.26. The Morgan fingerprint density at radius 1 is 1.46 bits per heavy atom. The molecule has 0 saturated carbocycles. The van der Waals surface area contributed by atoms with Crippen LogP contribution in [0.15, 0.2) is 0 Å². The maximum Gasteiger partial charge on any atom is 0.224 e. The van der Waals surface area contributed by atoms with Crippen LogP contribution in [0.5, 0.6) is 0 Å². The average Bonchev–Trinajstić information content (AvgIpc) is 2.10.